The molecule has 1 aliphatic rings. The second-order valence-electron chi connectivity index (χ2n) is 3.95. The fourth-order valence-corrected chi connectivity index (χ4v) is 2.14. The zero-order chi connectivity index (χ0) is 11.7. The van der Waals surface area contributed by atoms with Crippen molar-refractivity contribution in [1.29, 1.82) is 0 Å². The molecule has 0 N–H and O–H groups in total. The number of carbonyl (C=O) groups is 2. The minimum Gasteiger partial charge on any atom is -0.393 e. The van der Waals surface area contributed by atoms with Gasteiger partial charge in [-0.05, 0) is 30.2 Å². The van der Waals surface area contributed by atoms with Crippen molar-refractivity contribution in [2.24, 2.45) is 0 Å². The zero-order valence-corrected chi connectivity index (χ0v) is 9.58. The average Bonchev–Trinajstić information content (AvgIpc) is 2.20. The van der Waals surface area contributed by atoms with Crippen molar-refractivity contribution in [3.63, 3.8) is 0 Å². The van der Waals surface area contributed by atoms with Gasteiger partial charge >= 0.3 is 11.9 Å². The van der Waals surface area contributed by atoms with Crippen molar-refractivity contribution in [2.75, 3.05) is 0 Å². The van der Waals surface area contributed by atoms with E-state index in [1.54, 1.807) is 6.07 Å². The summed E-state index contributed by atoms with van der Waals surface area (Å²) in [5, 5.41) is 0.618. The molecule has 2 rings (SSSR count). The summed E-state index contributed by atoms with van der Waals surface area (Å²) in [5.74, 6) is -1.02. The van der Waals surface area contributed by atoms with Gasteiger partial charge in [-0.2, -0.15) is 0 Å². The number of carbonyl (C=O) groups excluding carboxylic acids is 2. The first-order chi connectivity index (χ1) is 7.56. The Hall–Kier alpha value is -1.35. The Morgan fingerprint density at radius 3 is 2.50 bits per heavy atom. The van der Waals surface area contributed by atoms with Crippen LogP contribution in [0.4, 0.5) is 0 Å². The molecule has 1 heterocycles. The van der Waals surface area contributed by atoms with Gasteiger partial charge < -0.3 is 4.74 Å². The smallest absolute Gasteiger partial charge is 0.314 e. The number of esters is 2. The van der Waals surface area contributed by atoms with E-state index in [1.807, 2.05) is 19.1 Å². The quantitative estimate of drug-likeness (QED) is 0.558. The van der Waals surface area contributed by atoms with E-state index in [0.29, 0.717) is 5.02 Å². The highest BCUT2D eigenvalue weighted by Crippen LogP contribution is 2.31. The zero-order valence-electron chi connectivity index (χ0n) is 8.83. The summed E-state index contributed by atoms with van der Waals surface area (Å²) in [6, 6.07) is 5.50. The first-order valence-corrected chi connectivity index (χ1v) is 5.43. The number of aryl methyl sites for hydroxylation is 1. The van der Waals surface area contributed by atoms with Crippen LogP contribution in [0.15, 0.2) is 18.2 Å². The normalized spacial score (nSPS) is 17.4. The molecule has 16 heavy (non-hydrogen) atoms. The summed E-state index contributed by atoms with van der Waals surface area (Å²) in [7, 11) is 0. The molecule has 1 aliphatic heterocycles. The highest BCUT2D eigenvalue weighted by molar-refractivity contribution is 6.30. The summed E-state index contributed by atoms with van der Waals surface area (Å²) >= 11 is 5.91. The van der Waals surface area contributed by atoms with E-state index in [-0.39, 0.29) is 18.8 Å². The number of rotatable bonds is 1. The molecule has 1 saturated heterocycles. The number of benzene rings is 1. The van der Waals surface area contributed by atoms with E-state index in [0.717, 1.165) is 11.1 Å². The lowest BCUT2D eigenvalue weighted by Gasteiger charge is -2.21. The highest BCUT2D eigenvalue weighted by atomic mass is 35.5. The third-order valence-electron chi connectivity index (χ3n) is 2.73. The molecule has 1 aromatic rings. The molecule has 0 saturated carbocycles. The van der Waals surface area contributed by atoms with Gasteiger partial charge in [-0.15, -0.1) is 0 Å². The van der Waals surface area contributed by atoms with Crippen molar-refractivity contribution < 1.29 is 14.3 Å². The van der Waals surface area contributed by atoms with E-state index in [4.69, 9.17) is 11.6 Å². The molecule has 1 aromatic carbocycles. The van der Waals surface area contributed by atoms with Gasteiger partial charge in [-0.25, -0.2) is 0 Å². The molecule has 0 bridgehead atoms. The SMILES string of the molecule is Cc1ccc(Cl)cc1C1CC(=O)OC(=O)C1. The highest BCUT2D eigenvalue weighted by Gasteiger charge is 2.29. The molecule has 0 unspecified atom stereocenters. The van der Waals surface area contributed by atoms with Crippen LogP contribution in [0.3, 0.4) is 0 Å². The van der Waals surface area contributed by atoms with Crippen molar-refractivity contribution in [1.82, 2.24) is 0 Å². The Morgan fingerprint density at radius 1 is 1.25 bits per heavy atom. The molecule has 3 nitrogen and oxygen atoms in total. The molecule has 0 spiro atoms. The van der Waals surface area contributed by atoms with Crippen molar-refractivity contribution in [2.45, 2.75) is 25.7 Å². The predicted molar refractivity (Wildman–Crippen MR) is 59.3 cm³/mol. The van der Waals surface area contributed by atoms with Gasteiger partial charge in [-0.3, -0.25) is 9.59 Å². The van der Waals surface area contributed by atoms with Crippen LogP contribution in [0.2, 0.25) is 5.02 Å². The summed E-state index contributed by atoms with van der Waals surface area (Å²) in [6.07, 6.45) is 0.486. The molecule has 1 fully saturated rings. The topological polar surface area (TPSA) is 43.4 Å². The van der Waals surface area contributed by atoms with Gasteiger partial charge in [0.15, 0.2) is 0 Å². The van der Waals surface area contributed by atoms with Gasteiger partial charge in [0.25, 0.3) is 0 Å². The molecule has 0 aliphatic carbocycles. The lowest BCUT2D eigenvalue weighted by Crippen LogP contribution is -2.24. The van der Waals surface area contributed by atoms with Crippen LogP contribution in [0.1, 0.15) is 29.9 Å². The fraction of sp³-hybridized carbons (Fsp3) is 0.333. The number of hydrogen-bond donors (Lipinski definition) is 0. The minimum atomic E-state index is -0.458. The lowest BCUT2D eigenvalue weighted by molar-refractivity contribution is -0.163. The summed E-state index contributed by atoms with van der Waals surface area (Å²) in [4.78, 5) is 22.4. The maximum atomic E-state index is 11.2. The predicted octanol–water partition coefficient (Wildman–Crippen LogP) is 2.60. The van der Waals surface area contributed by atoms with Crippen molar-refractivity contribution in [3.8, 4) is 0 Å². The fourth-order valence-electron chi connectivity index (χ4n) is 1.96. The third-order valence-corrected chi connectivity index (χ3v) is 2.97. The summed E-state index contributed by atoms with van der Waals surface area (Å²) in [6.45, 7) is 1.94. The Bertz CT molecular complexity index is 438. The standard InChI is InChI=1S/C12H11ClO3/c1-7-2-3-9(13)6-10(7)8-4-11(14)16-12(15)5-8/h2-3,6,8H,4-5H2,1H3. The first-order valence-electron chi connectivity index (χ1n) is 5.06. The van der Waals surface area contributed by atoms with Gasteiger partial charge in [-0.1, -0.05) is 17.7 Å². The lowest BCUT2D eigenvalue weighted by atomic mass is 9.88. The first kappa shape index (κ1) is 11.1. The van der Waals surface area contributed by atoms with Crippen LogP contribution in [-0.2, 0) is 14.3 Å². The van der Waals surface area contributed by atoms with Gasteiger partial charge in [0.2, 0.25) is 0 Å². The Balaban J connectivity index is 2.32. The molecule has 0 radical (unpaired) electrons. The average molecular weight is 239 g/mol. The molecular formula is C12H11ClO3. The van der Waals surface area contributed by atoms with Crippen LogP contribution < -0.4 is 0 Å². The van der Waals surface area contributed by atoms with Crippen LogP contribution in [0, 0.1) is 6.92 Å². The molecule has 4 heteroatoms. The Labute approximate surface area is 98.4 Å². The monoisotopic (exact) mass is 238 g/mol. The number of ether oxygens (including phenoxy) is 1. The maximum Gasteiger partial charge on any atom is 0.314 e. The third kappa shape index (κ3) is 2.25. The Kier molecular flexibility index (Phi) is 2.97. The van der Waals surface area contributed by atoms with Crippen LogP contribution >= 0.6 is 11.6 Å². The van der Waals surface area contributed by atoms with Crippen LogP contribution in [-0.4, -0.2) is 11.9 Å². The number of hydrogen-bond acceptors (Lipinski definition) is 3. The van der Waals surface area contributed by atoms with Gasteiger partial charge in [0.1, 0.15) is 0 Å². The molecule has 84 valence electrons. The second kappa shape index (κ2) is 4.26. The van der Waals surface area contributed by atoms with Gasteiger partial charge in [0, 0.05) is 10.9 Å². The number of cyclic esters (lactones) is 2. The van der Waals surface area contributed by atoms with Crippen molar-refractivity contribution >= 4 is 23.5 Å². The molecule has 0 atom stereocenters. The van der Waals surface area contributed by atoms with E-state index in [1.165, 1.54) is 0 Å². The van der Waals surface area contributed by atoms with Crippen molar-refractivity contribution in [3.05, 3.63) is 34.3 Å². The molecule has 0 aromatic heterocycles. The summed E-state index contributed by atoms with van der Waals surface area (Å²) in [5.41, 5.74) is 1.99. The maximum absolute atomic E-state index is 11.2. The van der Waals surface area contributed by atoms with Crippen LogP contribution in [0.5, 0.6) is 0 Å². The summed E-state index contributed by atoms with van der Waals surface area (Å²) < 4.78 is 4.50. The molecule has 0 amide bonds. The van der Waals surface area contributed by atoms with E-state index in [9.17, 15) is 9.59 Å². The second-order valence-corrected chi connectivity index (χ2v) is 4.39. The van der Waals surface area contributed by atoms with E-state index in [2.05, 4.69) is 4.74 Å². The minimum absolute atomic E-state index is 0.104. The Morgan fingerprint density at radius 2 is 1.88 bits per heavy atom. The van der Waals surface area contributed by atoms with E-state index < -0.39 is 11.9 Å². The largest absolute Gasteiger partial charge is 0.393 e. The van der Waals surface area contributed by atoms with Gasteiger partial charge in [0.05, 0.1) is 12.8 Å². The van der Waals surface area contributed by atoms with Crippen LogP contribution in [0.25, 0.3) is 0 Å². The van der Waals surface area contributed by atoms with E-state index >= 15 is 0 Å². The molecular weight excluding hydrogens is 228 g/mol. The number of halogens is 1.